The average Bonchev–Trinajstić information content (AvgIpc) is 2.09. The lowest BCUT2D eigenvalue weighted by molar-refractivity contribution is -0.140. The van der Waals surface area contributed by atoms with Gasteiger partial charge in [-0.25, -0.2) is 0 Å². The Labute approximate surface area is 94.4 Å². The maximum absolute atomic E-state index is 10.5. The van der Waals surface area contributed by atoms with Gasteiger partial charge in [-0.2, -0.15) is 0 Å². The highest BCUT2D eigenvalue weighted by Crippen LogP contribution is 2.29. The minimum Gasteiger partial charge on any atom is -0.464 e. The fourth-order valence-corrected chi connectivity index (χ4v) is 2.15. The summed E-state index contributed by atoms with van der Waals surface area (Å²) in [5.74, 6) is 2.06. The van der Waals surface area contributed by atoms with Crippen molar-refractivity contribution in [3.05, 3.63) is 0 Å². The maximum Gasteiger partial charge on any atom is 0.293 e. The second-order valence-electron chi connectivity index (χ2n) is 5.48. The third-order valence-corrected chi connectivity index (χ3v) is 2.89. The molecule has 0 aromatic heterocycles. The van der Waals surface area contributed by atoms with Crippen molar-refractivity contribution in [3.63, 3.8) is 0 Å². The Hall–Kier alpha value is -0.530. The maximum atomic E-state index is 10.5. The standard InChI is InChI=1S/C13H26O2/c1-9(2)7-12(10(3)4)13(11(5)6)15-8-14/h8-13H,7H2,1-6H3. The van der Waals surface area contributed by atoms with E-state index in [1.165, 1.54) is 0 Å². The van der Waals surface area contributed by atoms with E-state index >= 15 is 0 Å². The van der Waals surface area contributed by atoms with E-state index < -0.39 is 0 Å². The van der Waals surface area contributed by atoms with Gasteiger partial charge in [0.2, 0.25) is 0 Å². The summed E-state index contributed by atoms with van der Waals surface area (Å²) >= 11 is 0. The molecular formula is C13H26O2. The third kappa shape index (κ3) is 5.19. The molecule has 2 atom stereocenters. The molecule has 0 heterocycles. The third-order valence-electron chi connectivity index (χ3n) is 2.89. The van der Waals surface area contributed by atoms with Gasteiger partial charge in [0.25, 0.3) is 6.47 Å². The molecule has 0 rings (SSSR count). The van der Waals surface area contributed by atoms with Gasteiger partial charge in [-0.05, 0) is 30.1 Å². The first kappa shape index (κ1) is 14.5. The molecule has 0 radical (unpaired) electrons. The molecule has 0 amide bonds. The van der Waals surface area contributed by atoms with Crippen LogP contribution in [0.1, 0.15) is 48.0 Å². The van der Waals surface area contributed by atoms with Crippen molar-refractivity contribution in [1.29, 1.82) is 0 Å². The second kappa shape index (κ2) is 6.86. The van der Waals surface area contributed by atoms with Gasteiger partial charge < -0.3 is 4.74 Å². The van der Waals surface area contributed by atoms with Crippen LogP contribution in [0.4, 0.5) is 0 Å². The van der Waals surface area contributed by atoms with Crippen molar-refractivity contribution in [2.24, 2.45) is 23.7 Å². The summed E-state index contributed by atoms with van der Waals surface area (Å²) in [6, 6.07) is 0. The molecule has 0 aromatic carbocycles. The van der Waals surface area contributed by atoms with Crippen molar-refractivity contribution >= 4 is 6.47 Å². The molecule has 2 nitrogen and oxygen atoms in total. The lowest BCUT2D eigenvalue weighted by Crippen LogP contribution is -2.33. The largest absolute Gasteiger partial charge is 0.464 e. The molecule has 0 saturated heterocycles. The molecule has 0 aromatic rings. The summed E-state index contributed by atoms with van der Waals surface area (Å²) < 4.78 is 5.25. The number of carbonyl (C=O) groups is 1. The summed E-state index contributed by atoms with van der Waals surface area (Å²) in [5, 5.41) is 0. The first-order chi connectivity index (χ1) is 6.90. The monoisotopic (exact) mass is 214 g/mol. The lowest BCUT2D eigenvalue weighted by atomic mass is 9.79. The molecule has 2 unspecified atom stereocenters. The second-order valence-corrected chi connectivity index (χ2v) is 5.48. The van der Waals surface area contributed by atoms with Crippen LogP contribution in [0, 0.1) is 23.7 Å². The van der Waals surface area contributed by atoms with Gasteiger partial charge in [0, 0.05) is 0 Å². The minimum absolute atomic E-state index is 0.0601. The zero-order valence-corrected chi connectivity index (χ0v) is 11.0. The Kier molecular flexibility index (Phi) is 6.62. The van der Waals surface area contributed by atoms with Crippen molar-refractivity contribution in [1.82, 2.24) is 0 Å². The Morgan fingerprint density at radius 1 is 1.00 bits per heavy atom. The van der Waals surface area contributed by atoms with Gasteiger partial charge in [-0.15, -0.1) is 0 Å². The van der Waals surface area contributed by atoms with Gasteiger partial charge in [-0.1, -0.05) is 41.5 Å². The summed E-state index contributed by atoms with van der Waals surface area (Å²) in [5.41, 5.74) is 0. The van der Waals surface area contributed by atoms with Crippen LogP contribution in [0.15, 0.2) is 0 Å². The molecule has 0 aliphatic carbocycles. The van der Waals surface area contributed by atoms with Crippen LogP contribution in [-0.4, -0.2) is 12.6 Å². The van der Waals surface area contributed by atoms with E-state index in [-0.39, 0.29) is 6.10 Å². The number of hydrogen-bond acceptors (Lipinski definition) is 2. The van der Waals surface area contributed by atoms with Gasteiger partial charge in [-0.3, -0.25) is 4.79 Å². The smallest absolute Gasteiger partial charge is 0.293 e. The van der Waals surface area contributed by atoms with Crippen molar-refractivity contribution < 1.29 is 9.53 Å². The number of rotatable bonds is 7. The molecule has 90 valence electrons. The molecule has 0 aliphatic heterocycles. The van der Waals surface area contributed by atoms with Crippen LogP contribution >= 0.6 is 0 Å². The molecule has 15 heavy (non-hydrogen) atoms. The number of carbonyl (C=O) groups excluding carboxylic acids is 1. The van der Waals surface area contributed by atoms with Gasteiger partial charge >= 0.3 is 0 Å². The normalized spacial score (nSPS) is 15.8. The Balaban J connectivity index is 4.59. The van der Waals surface area contributed by atoms with Crippen LogP contribution in [0.5, 0.6) is 0 Å². The first-order valence-corrected chi connectivity index (χ1v) is 5.99. The van der Waals surface area contributed by atoms with Gasteiger partial charge in [0.15, 0.2) is 0 Å². The Morgan fingerprint density at radius 2 is 1.53 bits per heavy atom. The van der Waals surface area contributed by atoms with E-state index in [0.29, 0.717) is 30.1 Å². The highest BCUT2D eigenvalue weighted by Gasteiger charge is 2.29. The quantitative estimate of drug-likeness (QED) is 0.606. The van der Waals surface area contributed by atoms with Gasteiger partial charge in [0.1, 0.15) is 6.10 Å². The first-order valence-electron chi connectivity index (χ1n) is 5.99. The van der Waals surface area contributed by atoms with Crippen LogP contribution in [0.3, 0.4) is 0 Å². The van der Waals surface area contributed by atoms with Crippen LogP contribution in [-0.2, 0) is 9.53 Å². The summed E-state index contributed by atoms with van der Waals surface area (Å²) in [4.78, 5) is 10.5. The average molecular weight is 214 g/mol. The molecule has 0 fully saturated rings. The highest BCUT2D eigenvalue weighted by atomic mass is 16.5. The van der Waals surface area contributed by atoms with Crippen molar-refractivity contribution in [2.75, 3.05) is 0 Å². The fraction of sp³-hybridized carbons (Fsp3) is 0.923. The molecule has 0 spiro atoms. The molecule has 2 heteroatoms. The highest BCUT2D eigenvalue weighted by molar-refractivity contribution is 5.37. The van der Waals surface area contributed by atoms with E-state index in [9.17, 15) is 4.79 Å². The number of hydrogen-bond donors (Lipinski definition) is 0. The van der Waals surface area contributed by atoms with E-state index in [1.807, 2.05) is 0 Å². The zero-order chi connectivity index (χ0) is 12.0. The Morgan fingerprint density at radius 3 is 1.80 bits per heavy atom. The summed E-state index contributed by atoms with van der Waals surface area (Å²) in [6.07, 6.45) is 1.18. The molecule has 0 bridgehead atoms. The number of ether oxygens (including phenoxy) is 1. The predicted molar refractivity (Wildman–Crippen MR) is 63.6 cm³/mol. The topological polar surface area (TPSA) is 26.3 Å². The van der Waals surface area contributed by atoms with Crippen molar-refractivity contribution in [2.45, 2.75) is 54.1 Å². The van der Waals surface area contributed by atoms with Gasteiger partial charge in [0.05, 0.1) is 0 Å². The minimum atomic E-state index is 0.0601. The summed E-state index contributed by atoms with van der Waals surface area (Å²) in [6.45, 7) is 13.7. The Bertz CT molecular complexity index is 173. The van der Waals surface area contributed by atoms with E-state index in [0.717, 1.165) is 6.42 Å². The van der Waals surface area contributed by atoms with Crippen LogP contribution in [0.2, 0.25) is 0 Å². The van der Waals surface area contributed by atoms with E-state index in [2.05, 4.69) is 41.5 Å². The molecule has 0 aliphatic rings. The van der Waals surface area contributed by atoms with Crippen molar-refractivity contribution in [3.8, 4) is 0 Å². The zero-order valence-electron chi connectivity index (χ0n) is 11.0. The summed E-state index contributed by atoms with van der Waals surface area (Å²) in [7, 11) is 0. The molecular weight excluding hydrogens is 188 g/mol. The SMILES string of the molecule is CC(C)CC(C(C)C)C(OC=O)C(C)C. The van der Waals surface area contributed by atoms with E-state index in [1.54, 1.807) is 0 Å². The predicted octanol–water partition coefficient (Wildman–Crippen LogP) is 3.50. The lowest BCUT2D eigenvalue weighted by Gasteiger charge is -2.32. The van der Waals surface area contributed by atoms with Crippen LogP contribution in [0.25, 0.3) is 0 Å². The molecule has 0 saturated carbocycles. The van der Waals surface area contributed by atoms with Crippen LogP contribution < -0.4 is 0 Å². The molecule has 0 N–H and O–H groups in total. The van der Waals surface area contributed by atoms with E-state index in [4.69, 9.17) is 4.74 Å². The fourth-order valence-electron chi connectivity index (χ4n) is 2.15.